The number of hydrogen-bond donors (Lipinski definition) is 1. The third-order valence-corrected chi connectivity index (χ3v) is 7.76. The molecule has 1 spiro atoms. The van der Waals surface area contributed by atoms with Crippen LogP contribution in [0.2, 0.25) is 10.0 Å². The van der Waals surface area contributed by atoms with E-state index >= 15 is 0 Å². The number of carbonyl (C=O) groups excluding carboxylic acids is 3. The van der Waals surface area contributed by atoms with Crippen molar-refractivity contribution in [1.29, 1.82) is 0 Å². The summed E-state index contributed by atoms with van der Waals surface area (Å²) >= 11 is 12.1. The fourth-order valence-corrected chi connectivity index (χ4v) is 5.16. The highest BCUT2D eigenvalue weighted by molar-refractivity contribution is 6.42. The first-order chi connectivity index (χ1) is 17.3. The van der Waals surface area contributed by atoms with Gasteiger partial charge in [0, 0.05) is 43.1 Å². The van der Waals surface area contributed by atoms with Crippen LogP contribution in [0.4, 0.5) is 0 Å². The molecule has 8 nitrogen and oxygen atoms in total. The smallest absolute Gasteiger partial charge is 0.257 e. The Hall–Kier alpha value is -2.81. The van der Waals surface area contributed by atoms with Crippen molar-refractivity contribution in [3.8, 4) is 5.75 Å². The highest BCUT2D eigenvalue weighted by Gasteiger charge is 2.54. The molecule has 5 rings (SSSR count). The molecule has 2 aromatic carbocycles. The van der Waals surface area contributed by atoms with Crippen molar-refractivity contribution < 1.29 is 23.9 Å². The Balaban J connectivity index is 1.38. The van der Waals surface area contributed by atoms with Gasteiger partial charge in [0.25, 0.3) is 11.8 Å². The molecule has 1 saturated carbocycles. The second-order valence-corrected chi connectivity index (χ2v) is 10.2. The number of hydrogen-bond acceptors (Lipinski definition) is 5. The summed E-state index contributed by atoms with van der Waals surface area (Å²) in [6.45, 7) is 0.824. The maximum atomic E-state index is 13.8. The van der Waals surface area contributed by atoms with Gasteiger partial charge in [-0.05, 0) is 49.2 Å². The molecule has 3 fully saturated rings. The number of ether oxygens (including phenoxy) is 2. The molecule has 10 heteroatoms. The van der Waals surface area contributed by atoms with Crippen molar-refractivity contribution in [3.05, 3.63) is 63.6 Å². The molecule has 3 aliphatic rings. The third kappa shape index (κ3) is 4.77. The Morgan fingerprint density at radius 2 is 1.72 bits per heavy atom. The number of nitrogens with zero attached hydrogens (tertiary/aromatic N) is 2. The van der Waals surface area contributed by atoms with Crippen LogP contribution in [0.3, 0.4) is 0 Å². The molecular formula is C26H27Cl2N3O5. The molecule has 0 unspecified atom stereocenters. The minimum atomic E-state index is -0.986. The summed E-state index contributed by atoms with van der Waals surface area (Å²) in [4.78, 5) is 43.3. The molecule has 2 heterocycles. The van der Waals surface area contributed by atoms with Gasteiger partial charge in [0.2, 0.25) is 5.91 Å². The van der Waals surface area contributed by atoms with Gasteiger partial charge in [0.1, 0.15) is 17.5 Å². The average molecular weight is 532 g/mol. The number of piperidine rings is 1. The highest BCUT2D eigenvalue weighted by atomic mass is 35.5. The minimum Gasteiger partial charge on any atom is -0.497 e. The lowest BCUT2D eigenvalue weighted by molar-refractivity contribution is -0.128. The minimum absolute atomic E-state index is 0.106. The molecule has 0 radical (unpaired) electrons. The van der Waals surface area contributed by atoms with E-state index in [9.17, 15) is 14.4 Å². The summed E-state index contributed by atoms with van der Waals surface area (Å²) in [5.41, 5.74) is -0.128. The fraction of sp³-hybridized carbons (Fsp3) is 0.423. The zero-order valence-electron chi connectivity index (χ0n) is 19.8. The van der Waals surface area contributed by atoms with Crippen LogP contribution in [0.15, 0.2) is 42.5 Å². The van der Waals surface area contributed by atoms with Crippen molar-refractivity contribution >= 4 is 40.9 Å². The predicted molar refractivity (Wildman–Crippen MR) is 134 cm³/mol. The zero-order chi connectivity index (χ0) is 25.4. The normalized spacial score (nSPS) is 20.9. The molecule has 2 aromatic rings. The van der Waals surface area contributed by atoms with Crippen LogP contribution in [0.1, 0.15) is 46.4 Å². The Morgan fingerprint density at radius 1 is 1.00 bits per heavy atom. The van der Waals surface area contributed by atoms with Crippen LogP contribution in [0.5, 0.6) is 5.75 Å². The quantitative estimate of drug-likeness (QED) is 0.634. The second-order valence-electron chi connectivity index (χ2n) is 9.38. The number of rotatable bonds is 5. The van der Waals surface area contributed by atoms with Crippen LogP contribution < -0.4 is 10.1 Å². The predicted octanol–water partition coefficient (Wildman–Crippen LogP) is 3.75. The van der Waals surface area contributed by atoms with E-state index in [4.69, 9.17) is 32.7 Å². The first kappa shape index (κ1) is 24.9. The number of methoxy groups -OCH3 is 1. The molecule has 190 valence electrons. The number of halogens is 2. The number of likely N-dealkylation sites (tertiary alicyclic amines) is 1. The molecule has 0 bridgehead atoms. The highest BCUT2D eigenvalue weighted by Crippen LogP contribution is 2.39. The summed E-state index contributed by atoms with van der Waals surface area (Å²) in [6.07, 6.45) is 2.64. The summed E-state index contributed by atoms with van der Waals surface area (Å²) in [5, 5.41) is 3.71. The Bertz CT molecular complexity index is 1190. The van der Waals surface area contributed by atoms with Crippen molar-refractivity contribution in [2.75, 3.05) is 26.8 Å². The van der Waals surface area contributed by atoms with Crippen LogP contribution in [0, 0.1) is 0 Å². The number of carbonyl (C=O) groups is 3. The lowest BCUT2D eigenvalue weighted by atomic mass is 9.96. The fourth-order valence-electron chi connectivity index (χ4n) is 4.86. The standard InChI is InChI=1S/C26H27Cl2N3O5/c1-35-19-4-2-3-16(13-19)25(34)31-22(23(32)29-18-6-7-18)15-36-26(31)9-11-30(12-10-26)24(33)17-5-8-20(27)21(28)14-17/h2-5,8,13-14,18,22H,6-7,9-12,15H2,1H3,(H,29,32)/t22-/m1/s1. The van der Waals surface area contributed by atoms with E-state index in [0.717, 1.165) is 12.8 Å². The molecular weight excluding hydrogens is 505 g/mol. The van der Waals surface area contributed by atoms with E-state index in [2.05, 4.69) is 5.32 Å². The molecule has 1 N–H and O–H groups in total. The van der Waals surface area contributed by atoms with Crippen LogP contribution >= 0.6 is 23.2 Å². The van der Waals surface area contributed by atoms with Crippen LogP contribution in [0.25, 0.3) is 0 Å². The monoisotopic (exact) mass is 531 g/mol. The van der Waals surface area contributed by atoms with E-state index in [-0.39, 0.29) is 30.4 Å². The van der Waals surface area contributed by atoms with Gasteiger partial charge < -0.3 is 19.7 Å². The van der Waals surface area contributed by atoms with Gasteiger partial charge in [0.15, 0.2) is 0 Å². The molecule has 3 amide bonds. The van der Waals surface area contributed by atoms with Crippen LogP contribution in [-0.4, -0.2) is 72.1 Å². The molecule has 0 aromatic heterocycles. The van der Waals surface area contributed by atoms with E-state index < -0.39 is 11.8 Å². The second kappa shape index (κ2) is 9.92. The Morgan fingerprint density at radius 3 is 2.39 bits per heavy atom. The van der Waals surface area contributed by atoms with Gasteiger partial charge in [-0.1, -0.05) is 29.3 Å². The SMILES string of the molecule is COc1cccc(C(=O)N2[C@@H](C(=O)NC3CC3)COC23CCN(C(=O)c2ccc(Cl)c(Cl)c2)CC3)c1. The maximum Gasteiger partial charge on any atom is 0.257 e. The third-order valence-electron chi connectivity index (χ3n) is 7.02. The molecule has 2 aliphatic heterocycles. The first-order valence-corrected chi connectivity index (χ1v) is 12.7. The summed E-state index contributed by atoms with van der Waals surface area (Å²) in [6, 6.07) is 11.1. The molecule has 36 heavy (non-hydrogen) atoms. The average Bonchev–Trinajstić information content (AvgIpc) is 3.64. The zero-order valence-corrected chi connectivity index (χ0v) is 21.3. The van der Waals surface area contributed by atoms with E-state index in [1.165, 1.54) is 7.11 Å². The van der Waals surface area contributed by atoms with Crippen molar-refractivity contribution in [2.45, 2.75) is 43.5 Å². The van der Waals surface area contributed by atoms with Gasteiger partial charge in [-0.25, -0.2) is 0 Å². The van der Waals surface area contributed by atoms with Gasteiger partial charge in [0.05, 0.1) is 23.8 Å². The van der Waals surface area contributed by atoms with Gasteiger partial charge in [-0.3, -0.25) is 19.3 Å². The molecule has 1 aliphatic carbocycles. The van der Waals surface area contributed by atoms with Gasteiger partial charge >= 0.3 is 0 Å². The number of nitrogens with one attached hydrogen (secondary N) is 1. The number of amides is 3. The topological polar surface area (TPSA) is 88.2 Å². The lowest BCUT2D eigenvalue weighted by Gasteiger charge is -2.44. The van der Waals surface area contributed by atoms with Crippen molar-refractivity contribution in [3.63, 3.8) is 0 Å². The first-order valence-electron chi connectivity index (χ1n) is 12.0. The molecule has 1 atom stereocenters. The maximum absolute atomic E-state index is 13.8. The van der Waals surface area contributed by atoms with Gasteiger partial charge in [-0.15, -0.1) is 0 Å². The van der Waals surface area contributed by atoms with E-state index in [1.54, 1.807) is 52.3 Å². The Labute approximate surface area is 219 Å². The number of benzene rings is 2. The van der Waals surface area contributed by atoms with E-state index in [1.807, 2.05) is 0 Å². The largest absolute Gasteiger partial charge is 0.497 e. The van der Waals surface area contributed by atoms with Crippen LogP contribution in [-0.2, 0) is 9.53 Å². The van der Waals surface area contributed by atoms with Crippen molar-refractivity contribution in [1.82, 2.24) is 15.1 Å². The summed E-state index contributed by atoms with van der Waals surface area (Å²) in [7, 11) is 1.54. The van der Waals surface area contributed by atoms with Crippen molar-refractivity contribution in [2.24, 2.45) is 0 Å². The molecule has 2 saturated heterocycles. The lowest BCUT2D eigenvalue weighted by Crippen LogP contribution is -2.60. The Kier molecular flexibility index (Phi) is 6.85. The van der Waals surface area contributed by atoms with Gasteiger partial charge in [-0.2, -0.15) is 0 Å². The summed E-state index contributed by atoms with van der Waals surface area (Å²) in [5.74, 6) is -0.127. The summed E-state index contributed by atoms with van der Waals surface area (Å²) < 4.78 is 11.5. The van der Waals surface area contributed by atoms with E-state index in [0.29, 0.717) is 52.9 Å².